The molecule has 124 valence electrons. The van der Waals surface area contributed by atoms with Crippen LogP contribution in [0.1, 0.15) is 22.3 Å². The van der Waals surface area contributed by atoms with E-state index in [0.717, 1.165) is 33.4 Å². The molecule has 0 spiro atoms. The molecule has 0 aliphatic heterocycles. The highest BCUT2D eigenvalue weighted by molar-refractivity contribution is 5.92. The molecule has 0 saturated carbocycles. The van der Waals surface area contributed by atoms with Crippen LogP contribution in [0.2, 0.25) is 0 Å². The average Bonchev–Trinajstić information content (AvgIpc) is 2.73. The van der Waals surface area contributed by atoms with E-state index >= 15 is 0 Å². The SMILES string of the molecule is C=C(c1ccccc1)c1ccc2cc(C(=C)c3ccccc3)ccc2c1. The van der Waals surface area contributed by atoms with Crippen LogP contribution in [0.3, 0.4) is 0 Å². The van der Waals surface area contributed by atoms with Crippen molar-refractivity contribution in [2.75, 3.05) is 0 Å². The highest BCUT2D eigenvalue weighted by atomic mass is 14.1. The minimum absolute atomic E-state index is 1.05. The zero-order chi connectivity index (χ0) is 17.9. The van der Waals surface area contributed by atoms with Gasteiger partial charge in [0.2, 0.25) is 0 Å². The molecular formula is C26H20. The van der Waals surface area contributed by atoms with Gasteiger partial charge in [-0.05, 0) is 56.3 Å². The van der Waals surface area contributed by atoms with Gasteiger partial charge in [0.05, 0.1) is 0 Å². The summed E-state index contributed by atoms with van der Waals surface area (Å²) in [6, 6.07) is 33.7. The normalized spacial score (nSPS) is 10.6. The Hall–Kier alpha value is -3.38. The lowest BCUT2D eigenvalue weighted by Gasteiger charge is -2.10. The van der Waals surface area contributed by atoms with Crippen molar-refractivity contribution < 1.29 is 0 Å². The molecule has 0 radical (unpaired) electrons. The maximum atomic E-state index is 4.27. The van der Waals surface area contributed by atoms with Gasteiger partial charge in [-0.15, -0.1) is 0 Å². The maximum Gasteiger partial charge on any atom is -0.0177 e. The highest BCUT2D eigenvalue weighted by Gasteiger charge is 2.06. The van der Waals surface area contributed by atoms with Crippen LogP contribution in [0, 0.1) is 0 Å². The predicted octanol–water partition coefficient (Wildman–Crippen LogP) is 6.96. The molecule has 0 bridgehead atoms. The highest BCUT2D eigenvalue weighted by Crippen LogP contribution is 2.28. The number of fused-ring (bicyclic) bond motifs is 1. The molecule has 0 amide bonds. The third-order valence-corrected chi connectivity index (χ3v) is 4.78. The van der Waals surface area contributed by atoms with Crippen LogP contribution in [-0.2, 0) is 0 Å². The Balaban J connectivity index is 1.69. The van der Waals surface area contributed by atoms with Gasteiger partial charge in [0.1, 0.15) is 0 Å². The van der Waals surface area contributed by atoms with Crippen LogP contribution in [0.15, 0.2) is 110 Å². The molecule has 0 heteroatoms. The van der Waals surface area contributed by atoms with Gasteiger partial charge in [0, 0.05) is 0 Å². The van der Waals surface area contributed by atoms with Crippen LogP contribution >= 0.6 is 0 Å². The van der Waals surface area contributed by atoms with Crippen LogP contribution in [0.4, 0.5) is 0 Å². The molecule has 4 rings (SSSR count). The molecule has 0 aliphatic rings. The lowest BCUT2D eigenvalue weighted by atomic mass is 9.94. The van der Waals surface area contributed by atoms with Crippen molar-refractivity contribution in [3.63, 3.8) is 0 Å². The summed E-state index contributed by atoms with van der Waals surface area (Å²) in [7, 11) is 0. The molecule has 4 aromatic rings. The molecule has 4 aromatic carbocycles. The van der Waals surface area contributed by atoms with E-state index in [1.807, 2.05) is 36.4 Å². The molecule has 0 heterocycles. The van der Waals surface area contributed by atoms with Crippen LogP contribution in [0.5, 0.6) is 0 Å². The summed E-state index contributed by atoms with van der Waals surface area (Å²) in [5, 5.41) is 2.42. The molecule has 0 aromatic heterocycles. The quantitative estimate of drug-likeness (QED) is 0.379. The first-order valence-corrected chi connectivity index (χ1v) is 8.75. The van der Waals surface area contributed by atoms with Gasteiger partial charge >= 0.3 is 0 Å². The van der Waals surface area contributed by atoms with Gasteiger partial charge in [-0.3, -0.25) is 0 Å². The van der Waals surface area contributed by atoms with E-state index in [1.165, 1.54) is 10.8 Å². The molecule has 0 saturated heterocycles. The van der Waals surface area contributed by atoms with Crippen molar-refractivity contribution in [1.82, 2.24) is 0 Å². The van der Waals surface area contributed by atoms with Crippen molar-refractivity contribution in [2.24, 2.45) is 0 Å². The summed E-state index contributed by atoms with van der Waals surface area (Å²) in [6.07, 6.45) is 0. The molecule has 0 atom stereocenters. The van der Waals surface area contributed by atoms with E-state index in [9.17, 15) is 0 Å². The third kappa shape index (κ3) is 3.10. The number of rotatable bonds is 4. The third-order valence-electron chi connectivity index (χ3n) is 4.78. The summed E-state index contributed by atoms with van der Waals surface area (Å²) in [6.45, 7) is 8.55. The van der Waals surface area contributed by atoms with Crippen LogP contribution in [-0.4, -0.2) is 0 Å². The molecule has 0 unspecified atom stereocenters. The Morgan fingerprint density at radius 1 is 0.423 bits per heavy atom. The Labute approximate surface area is 154 Å². The number of hydrogen-bond acceptors (Lipinski definition) is 0. The average molecular weight is 332 g/mol. The van der Waals surface area contributed by atoms with Crippen molar-refractivity contribution in [3.8, 4) is 0 Å². The summed E-state index contributed by atoms with van der Waals surface area (Å²) in [4.78, 5) is 0. The van der Waals surface area contributed by atoms with Crippen LogP contribution in [0.25, 0.3) is 21.9 Å². The van der Waals surface area contributed by atoms with Crippen molar-refractivity contribution in [3.05, 3.63) is 132 Å². The van der Waals surface area contributed by atoms with Crippen LogP contribution < -0.4 is 0 Å². The summed E-state index contributed by atoms with van der Waals surface area (Å²) in [5.74, 6) is 0. The molecule has 0 nitrogen and oxygen atoms in total. The zero-order valence-corrected chi connectivity index (χ0v) is 14.7. The van der Waals surface area contributed by atoms with E-state index in [4.69, 9.17) is 0 Å². The van der Waals surface area contributed by atoms with Gasteiger partial charge in [0.25, 0.3) is 0 Å². The fourth-order valence-corrected chi connectivity index (χ4v) is 3.23. The smallest absolute Gasteiger partial charge is 0.0177 e. The first-order chi connectivity index (χ1) is 12.7. The standard InChI is InChI=1S/C26H20/c1-19(21-9-5-3-6-10-21)23-13-15-26-18-24(14-16-25(26)17-23)20(2)22-11-7-4-8-12-22/h3-18H,1-2H2. The monoisotopic (exact) mass is 332 g/mol. The minimum Gasteiger partial charge on any atom is -0.0906 e. The Morgan fingerprint density at radius 3 is 1.19 bits per heavy atom. The zero-order valence-electron chi connectivity index (χ0n) is 14.7. The van der Waals surface area contributed by atoms with E-state index in [-0.39, 0.29) is 0 Å². The summed E-state index contributed by atoms with van der Waals surface area (Å²) >= 11 is 0. The fraction of sp³-hybridized carbons (Fsp3) is 0. The summed E-state index contributed by atoms with van der Waals surface area (Å²) < 4.78 is 0. The van der Waals surface area contributed by atoms with Gasteiger partial charge in [-0.2, -0.15) is 0 Å². The molecular weight excluding hydrogens is 312 g/mol. The predicted molar refractivity (Wildman–Crippen MR) is 113 cm³/mol. The Kier molecular flexibility index (Phi) is 4.25. The topological polar surface area (TPSA) is 0 Å². The molecule has 0 N–H and O–H groups in total. The van der Waals surface area contributed by atoms with Gasteiger partial charge in [0.15, 0.2) is 0 Å². The van der Waals surface area contributed by atoms with Crippen molar-refractivity contribution in [1.29, 1.82) is 0 Å². The van der Waals surface area contributed by atoms with Crippen molar-refractivity contribution in [2.45, 2.75) is 0 Å². The van der Waals surface area contributed by atoms with E-state index in [0.29, 0.717) is 0 Å². The second kappa shape index (κ2) is 6.85. The van der Waals surface area contributed by atoms with Gasteiger partial charge in [-0.25, -0.2) is 0 Å². The lowest BCUT2D eigenvalue weighted by molar-refractivity contribution is 1.56. The van der Waals surface area contributed by atoms with Crippen molar-refractivity contribution >= 4 is 21.9 Å². The lowest BCUT2D eigenvalue weighted by Crippen LogP contribution is -1.88. The maximum absolute atomic E-state index is 4.27. The summed E-state index contributed by atoms with van der Waals surface area (Å²) in [5.41, 5.74) is 6.70. The van der Waals surface area contributed by atoms with E-state index in [2.05, 4.69) is 73.8 Å². The minimum atomic E-state index is 1.05. The molecule has 26 heavy (non-hydrogen) atoms. The number of benzene rings is 4. The second-order valence-corrected chi connectivity index (χ2v) is 6.47. The Bertz CT molecular complexity index is 996. The van der Waals surface area contributed by atoms with Gasteiger partial charge in [-0.1, -0.05) is 98.1 Å². The Morgan fingerprint density at radius 2 is 0.808 bits per heavy atom. The number of hydrogen-bond donors (Lipinski definition) is 0. The largest absolute Gasteiger partial charge is 0.0906 e. The molecule has 0 aliphatic carbocycles. The first-order valence-electron chi connectivity index (χ1n) is 8.75. The van der Waals surface area contributed by atoms with Gasteiger partial charge < -0.3 is 0 Å². The van der Waals surface area contributed by atoms with E-state index < -0.39 is 0 Å². The second-order valence-electron chi connectivity index (χ2n) is 6.47. The van der Waals surface area contributed by atoms with E-state index in [1.54, 1.807) is 0 Å². The fourth-order valence-electron chi connectivity index (χ4n) is 3.23. The molecule has 0 fully saturated rings. The first kappa shape index (κ1) is 16.1.